The molecule has 0 aliphatic carbocycles. The van der Waals surface area contributed by atoms with E-state index >= 15 is 0 Å². The van der Waals surface area contributed by atoms with Gasteiger partial charge in [-0.3, -0.25) is 9.59 Å². The van der Waals surface area contributed by atoms with Crippen LogP contribution in [-0.4, -0.2) is 18.5 Å². The number of aryl methyl sites for hydroxylation is 1. The number of nitrogens with zero attached hydrogens (tertiary/aromatic N) is 1. The molecule has 6 nitrogen and oxygen atoms in total. The Bertz CT molecular complexity index is 1010. The first kappa shape index (κ1) is 18.2. The van der Waals surface area contributed by atoms with E-state index in [1.54, 1.807) is 24.3 Å². The van der Waals surface area contributed by atoms with E-state index in [9.17, 15) is 9.59 Å². The van der Waals surface area contributed by atoms with Crippen molar-refractivity contribution in [1.29, 1.82) is 5.26 Å². The second kappa shape index (κ2) is 8.19. The first-order chi connectivity index (χ1) is 13.0. The molecule has 0 bridgehead atoms. The van der Waals surface area contributed by atoms with Gasteiger partial charge in [0.15, 0.2) is 6.61 Å². The maximum Gasteiger partial charge on any atom is 0.310 e. The van der Waals surface area contributed by atoms with Crippen molar-refractivity contribution >= 4 is 28.5 Å². The lowest BCUT2D eigenvalue weighted by Gasteiger charge is -2.07. The highest BCUT2D eigenvalue weighted by Crippen LogP contribution is 2.23. The molecule has 0 saturated heterocycles. The van der Waals surface area contributed by atoms with E-state index in [0.717, 1.165) is 27.7 Å². The van der Waals surface area contributed by atoms with Crippen molar-refractivity contribution in [3.8, 4) is 6.07 Å². The zero-order valence-electron chi connectivity index (χ0n) is 14.8. The second-order valence-corrected chi connectivity index (χ2v) is 6.18. The predicted octanol–water partition coefficient (Wildman–Crippen LogP) is 3.53. The molecule has 27 heavy (non-hydrogen) atoms. The van der Waals surface area contributed by atoms with E-state index in [-0.39, 0.29) is 13.0 Å². The van der Waals surface area contributed by atoms with Crippen LogP contribution in [0.5, 0.6) is 0 Å². The van der Waals surface area contributed by atoms with Crippen molar-refractivity contribution in [2.45, 2.75) is 19.8 Å². The quantitative estimate of drug-likeness (QED) is 0.677. The molecule has 0 fully saturated rings. The Labute approximate surface area is 156 Å². The molecule has 2 aromatic carbocycles. The van der Waals surface area contributed by atoms with Crippen LogP contribution >= 0.6 is 0 Å². The standard InChI is InChI=1S/C21H18N2O4/c1-14-2-7-18-16(12-26-19(18)10-14)11-21(25)27-13-20(24)23-17-5-3-15(4-6-17)8-9-22/h2-7,10,12H,8,11,13H2,1H3,(H,23,24). The molecule has 3 aromatic rings. The Morgan fingerprint density at radius 2 is 1.96 bits per heavy atom. The number of hydrogen-bond donors (Lipinski definition) is 1. The third-order valence-corrected chi connectivity index (χ3v) is 4.03. The Hall–Kier alpha value is -3.59. The monoisotopic (exact) mass is 362 g/mol. The number of esters is 1. The number of ether oxygens (including phenoxy) is 1. The van der Waals surface area contributed by atoms with Crippen molar-refractivity contribution in [3.05, 3.63) is 65.4 Å². The van der Waals surface area contributed by atoms with E-state index in [0.29, 0.717) is 12.1 Å². The van der Waals surface area contributed by atoms with Crippen LogP contribution in [0.3, 0.4) is 0 Å². The van der Waals surface area contributed by atoms with Crippen LogP contribution in [0, 0.1) is 18.3 Å². The average Bonchev–Trinajstić information content (AvgIpc) is 3.03. The summed E-state index contributed by atoms with van der Waals surface area (Å²) < 4.78 is 10.5. The van der Waals surface area contributed by atoms with E-state index in [2.05, 4.69) is 11.4 Å². The summed E-state index contributed by atoms with van der Waals surface area (Å²) in [5.41, 5.74) is 3.96. The molecule has 0 saturated carbocycles. The molecule has 0 atom stereocenters. The van der Waals surface area contributed by atoms with Gasteiger partial charge in [0, 0.05) is 16.6 Å². The number of hydrogen-bond acceptors (Lipinski definition) is 5. The van der Waals surface area contributed by atoms with E-state index < -0.39 is 11.9 Å². The number of nitriles is 1. The second-order valence-electron chi connectivity index (χ2n) is 6.18. The maximum atomic E-state index is 12.0. The number of carbonyl (C=O) groups excluding carboxylic acids is 2. The molecule has 0 unspecified atom stereocenters. The summed E-state index contributed by atoms with van der Waals surface area (Å²) in [5, 5.41) is 12.1. The van der Waals surface area contributed by atoms with Crippen molar-refractivity contribution in [2.24, 2.45) is 0 Å². The van der Waals surface area contributed by atoms with Gasteiger partial charge in [0.25, 0.3) is 5.91 Å². The van der Waals surface area contributed by atoms with Crippen LogP contribution in [0.2, 0.25) is 0 Å². The van der Waals surface area contributed by atoms with Gasteiger partial charge in [0.1, 0.15) is 5.58 Å². The first-order valence-electron chi connectivity index (χ1n) is 8.43. The fourth-order valence-electron chi connectivity index (χ4n) is 2.67. The van der Waals surface area contributed by atoms with Crippen LogP contribution in [0.1, 0.15) is 16.7 Å². The number of benzene rings is 2. The van der Waals surface area contributed by atoms with Gasteiger partial charge >= 0.3 is 5.97 Å². The molecule has 0 aliphatic rings. The molecular weight excluding hydrogens is 344 g/mol. The minimum Gasteiger partial charge on any atom is -0.464 e. The number of fused-ring (bicyclic) bond motifs is 1. The first-order valence-corrected chi connectivity index (χ1v) is 8.43. The molecule has 1 N–H and O–H groups in total. The lowest BCUT2D eigenvalue weighted by Crippen LogP contribution is -2.21. The number of anilines is 1. The van der Waals surface area contributed by atoms with Crippen molar-refractivity contribution in [3.63, 3.8) is 0 Å². The smallest absolute Gasteiger partial charge is 0.310 e. The molecule has 1 heterocycles. The fraction of sp³-hybridized carbons (Fsp3) is 0.190. The van der Waals surface area contributed by atoms with Gasteiger partial charge in [-0.05, 0) is 36.2 Å². The van der Waals surface area contributed by atoms with Gasteiger partial charge in [-0.25, -0.2) is 0 Å². The summed E-state index contributed by atoms with van der Waals surface area (Å²) in [4.78, 5) is 23.9. The highest BCUT2D eigenvalue weighted by Gasteiger charge is 2.13. The molecule has 3 rings (SSSR count). The summed E-state index contributed by atoms with van der Waals surface area (Å²) in [6, 6.07) is 14.7. The maximum absolute atomic E-state index is 12.0. The molecule has 1 aromatic heterocycles. The van der Waals surface area contributed by atoms with Gasteiger partial charge in [0.2, 0.25) is 0 Å². The highest BCUT2D eigenvalue weighted by atomic mass is 16.5. The summed E-state index contributed by atoms with van der Waals surface area (Å²) in [7, 11) is 0. The fourth-order valence-corrected chi connectivity index (χ4v) is 2.67. The molecule has 0 radical (unpaired) electrons. The third-order valence-electron chi connectivity index (χ3n) is 4.03. The van der Waals surface area contributed by atoms with Crippen molar-refractivity contribution in [2.75, 3.05) is 11.9 Å². The summed E-state index contributed by atoms with van der Waals surface area (Å²) >= 11 is 0. The third kappa shape index (κ3) is 4.73. The van der Waals surface area contributed by atoms with Gasteiger partial charge in [0.05, 0.1) is 25.2 Å². The SMILES string of the molecule is Cc1ccc2c(CC(=O)OCC(=O)Nc3ccc(CC#N)cc3)coc2c1. The Kier molecular flexibility index (Phi) is 5.53. The molecular formula is C21H18N2O4. The number of amides is 1. The summed E-state index contributed by atoms with van der Waals surface area (Å²) in [6.45, 7) is 1.60. The Balaban J connectivity index is 1.51. The molecule has 0 aliphatic heterocycles. The lowest BCUT2D eigenvalue weighted by atomic mass is 10.1. The zero-order chi connectivity index (χ0) is 19.2. The van der Waals surface area contributed by atoms with Crippen LogP contribution in [0.15, 0.2) is 53.1 Å². The van der Waals surface area contributed by atoms with Crippen LogP contribution < -0.4 is 5.32 Å². The topological polar surface area (TPSA) is 92.3 Å². The lowest BCUT2D eigenvalue weighted by molar-refractivity contribution is -0.146. The zero-order valence-corrected chi connectivity index (χ0v) is 14.8. The highest BCUT2D eigenvalue weighted by molar-refractivity contribution is 5.93. The molecule has 1 amide bonds. The molecule has 136 valence electrons. The minimum atomic E-state index is -0.502. The van der Waals surface area contributed by atoms with E-state index in [1.165, 1.54) is 6.26 Å². The van der Waals surface area contributed by atoms with Crippen molar-refractivity contribution in [1.82, 2.24) is 0 Å². The summed E-state index contributed by atoms with van der Waals surface area (Å²) in [6.07, 6.45) is 1.88. The number of nitrogens with one attached hydrogen (secondary N) is 1. The van der Waals surface area contributed by atoms with Gasteiger partial charge in [-0.2, -0.15) is 5.26 Å². The van der Waals surface area contributed by atoms with E-state index in [4.69, 9.17) is 14.4 Å². The van der Waals surface area contributed by atoms with Crippen LogP contribution in [-0.2, 0) is 27.2 Å². The average molecular weight is 362 g/mol. The summed E-state index contributed by atoms with van der Waals surface area (Å²) in [5.74, 6) is -0.929. The largest absolute Gasteiger partial charge is 0.464 e. The van der Waals surface area contributed by atoms with Crippen LogP contribution in [0.4, 0.5) is 5.69 Å². The number of carbonyl (C=O) groups is 2. The molecule has 0 spiro atoms. The predicted molar refractivity (Wildman–Crippen MR) is 100 cm³/mol. The van der Waals surface area contributed by atoms with Crippen LogP contribution in [0.25, 0.3) is 11.0 Å². The minimum absolute atomic E-state index is 0.0339. The van der Waals surface area contributed by atoms with Gasteiger partial charge < -0.3 is 14.5 Å². The Morgan fingerprint density at radius 3 is 2.70 bits per heavy atom. The normalized spacial score (nSPS) is 10.4. The Morgan fingerprint density at radius 1 is 1.19 bits per heavy atom. The number of furan rings is 1. The van der Waals surface area contributed by atoms with Gasteiger partial charge in [-0.15, -0.1) is 0 Å². The number of rotatable bonds is 6. The van der Waals surface area contributed by atoms with E-state index in [1.807, 2.05) is 25.1 Å². The molecule has 6 heteroatoms. The van der Waals surface area contributed by atoms with Gasteiger partial charge in [-0.1, -0.05) is 24.3 Å². The van der Waals surface area contributed by atoms with Crippen molar-refractivity contribution < 1.29 is 18.7 Å².